The molecule has 1 aromatic carbocycles. The minimum atomic E-state index is -3.09. The molecular formula is C18H30N4O3S. The molecule has 0 spiro atoms. The van der Waals surface area contributed by atoms with Gasteiger partial charge in [-0.3, -0.25) is 4.99 Å². The molecule has 0 saturated carbocycles. The number of nitrogens with one attached hydrogen (secondary N) is 2. The molecule has 1 aromatic rings. The Labute approximate surface area is 156 Å². The number of guanidine groups is 1. The lowest BCUT2D eigenvalue weighted by Crippen LogP contribution is -2.40. The van der Waals surface area contributed by atoms with Gasteiger partial charge in [-0.05, 0) is 37.8 Å². The second-order valence-electron chi connectivity index (χ2n) is 6.63. The molecule has 0 aliphatic carbocycles. The number of ether oxygens (including phenoxy) is 1. The fourth-order valence-electron chi connectivity index (χ4n) is 3.00. The van der Waals surface area contributed by atoms with Gasteiger partial charge < -0.3 is 15.4 Å². The van der Waals surface area contributed by atoms with E-state index in [1.165, 1.54) is 10.6 Å². The van der Waals surface area contributed by atoms with Crippen LogP contribution in [0.3, 0.4) is 0 Å². The van der Waals surface area contributed by atoms with E-state index in [1.54, 1.807) is 7.05 Å². The number of sulfonamides is 1. The van der Waals surface area contributed by atoms with Gasteiger partial charge in [-0.1, -0.05) is 12.1 Å². The Morgan fingerprint density at radius 1 is 1.38 bits per heavy atom. The molecule has 0 radical (unpaired) electrons. The van der Waals surface area contributed by atoms with E-state index in [2.05, 4.69) is 27.8 Å². The molecule has 0 amide bonds. The summed E-state index contributed by atoms with van der Waals surface area (Å²) in [6.45, 7) is 7.10. The maximum absolute atomic E-state index is 11.6. The third kappa shape index (κ3) is 5.88. The fourth-order valence-corrected chi connectivity index (χ4v) is 3.92. The summed E-state index contributed by atoms with van der Waals surface area (Å²) in [5, 5.41) is 6.59. The first-order valence-corrected chi connectivity index (χ1v) is 10.8. The molecule has 1 aliphatic rings. The third-order valence-corrected chi connectivity index (χ3v) is 5.74. The van der Waals surface area contributed by atoms with Crippen LogP contribution in [-0.2, 0) is 16.6 Å². The summed E-state index contributed by atoms with van der Waals surface area (Å²) in [6.07, 6.45) is 2.13. The third-order valence-electron chi connectivity index (χ3n) is 4.47. The highest BCUT2D eigenvalue weighted by atomic mass is 32.2. The van der Waals surface area contributed by atoms with E-state index in [0.717, 1.165) is 23.3 Å². The highest BCUT2D eigenvalue weighted by Gasteiger charge is 2.28. The molecule has 26 heavy (non-hydrogen) atoms. The van der Waals surface area contributed by atoms with Gasteiger partial charge >= 0.3 is 0 Å². The summed E-state index contributed by atoms with van der Waals surface area (Å²) < 4.78 is 30.4. The van der Waals surface area contributed by atoms with Crippen molar-refractivity contribution in [2.24, 2.45) is 10.9 Å². The molecule has 1 unspecified atom stereocenters. The number of rotatable bonds is 7. The van der Waals surface area contributed by atoms with E-state index < -0.39 is 10.0 Å². The summed E-state index contributed by atoms with van der Waals surface area (Å²) in [7, 11) is -1.37. The van der Waals surface area contributed by atoms with Crippen LogP contribution in [0, 0.1) is 12.8 Å². The van der Waals surface area contributed by atoms with Crippen molar-refractivity contribution < 1.29 is 13.2 Å². The smallest absolute Gasteiger partial charge is 0.211 e. The van der Waals surface area contributed by atoms with Crippen molar-refractivity contribution in [2.75, 3.05) is 39.5 Å². The summed E-state index contributed by atoms with van der Waals surface area (Å²) in [5.41, 5.74) is 2.24. The summed E-state index contributed by atoms with van der Waals surface area (Å²) >= 11 is 0. The molecule has 2 rings (SSSR count). The Morgan fingerprint density at radius 3 is 2.77 bits per heavy atom. The molecule has 8 heteroatoms. The Bertz CT molecular complexity index is 734. The number of aryl methyl sites for hydroxylation is 1. The van der Waals surface area contributed by atoms with E-state index in [-0.39, 0.29) is 0 Å². The predicted molar refractivity (Wildman–Crippen MR) is 105 cm³/mol. The number of benzene rings is 1. The van der Waals surface area contributed by atoms with Crippen molar-refractivity contribution >= 4 is 16.0 Å². The van der Waals surface area contributed by atoms with Crippen molar-refractivity contribution in [3.8, 4) is 5.75 Å². The number of hydrogen-bond acceptors (Lipinski definition) is 4. The van der Waals surface area contributed by atoms with Crippen LogP contribution in [-0.4, -0.2) is 58.2 Å². The summed E-state index contributed by atoms with van der Waals surface area (Å²) in [4.78, 5) is 4.25. The molecule has 1 aliphatic heterocycles. The van der Waals surface area contributed by atoms with Crippen LogP contribution >= 0.6 is 0 Å². The molecule has 7 nitrogen and oxygen atoms in total. The Morgan fingerprint density at radius 2 is 2.15 bits per heavy atom. The maximum atomic E-state index is 11.6. The predicted octanol–water partition coefficient (Wildman–Crippen LogP) is 1.34. The van der Waals surface area contributed by atoms with Gasteiger partial charge in [0.05, 0.1) is 12.9 Å². The summed E-state index contributed by atoms with van der Waals surface area (Å²) in [6, 6.07) is 6.16. The lowest BCUT2D eigenvalue weighted by molar-refractivity contribution is 0.336. The SMILES string of the molecule is CCOc1cc(C)ccc1CNC(=NC)NCC1CCN(S(C)(=O)=O)C1. The minimum absolute atomic E-state index is 0.293. The largest absolute Gasteiger partial charge is 0.494 e. The number of aliphatic imine (C=N–C) groups is 1. The van der Waals surface area contributed by atoms with Crippen LogP contribution in [0.4, 0.5) is 0 Å². The molecule has 1 fully saturated rings. The lowest BCUT2D eigenvalue weighted by Gasteiger charge is -2.17. The van der Waals surface area contributed by atoms with Crippen molar-refractivity contribution in [2.45, 2.75) is 26.8 Å². The molecular weight excluding hydrogens is 352 g/mol. The van der Waals surface area contributed by atoms with Gasteiger partial charge in [0, 0.05) is 38.8 Å². The van der Waals surface area contributed by atoms with E-state index in [4.69, 9.17) is 4.74 Å². The van der Waals surface area contributed by atoms with Crippen LogP contribution in [0.25, 0.3) is 0 Å². The first-order chi connectivity index (χ1) is 12.3. The average molecular weight is 383 g/mol. The lowest BCUT2D eigenvalue weighted by atomic mass is 10.1. The number of hydrogen-bond donors (Lipinski definition) is 2. The van der Waals surface area contributed by atoms with Gasteiger partial charge in [0.1, 0.15) is 5.75 Å². The summed E-state index contributed by atoms with van der Waals surface area (Å²) in [5.74, 6) is 1.88. The van der Waals surface area contributed by atoms with Crippen molar-refractivity contribution in [1.82, 2.24) is 14.9 Å². The molecule has 0 bridgehead atoms. The Kier molecular flexibility index (Phi) is 7.28. The molecule has 146 valence electrons. The van der Waals surface area contributed by atoms with Gasteiger partial charge in [0.2, 0.25) is 10.0 Å². The van der Waals surface area contributed by atoms with Crippen LogP contribution in [0.15, 0.2) is 23.2 Å². The maximum Gasteiger partial charge on any atom is 0.211 e. The van der Waals surface area contributed by atoms with E-state index in [9.17, 15) is 8.42 Å². The van der Waals surface area contributed by atoms with E-state index in [1.807, 2.05) is 19.9 Å². The quantitative estimate of drug-likeness (QED) is 0.549. The second kappa shape index (κ2) is 9.23. The topological polar surface area (TPSA) is 83.0 Å². The molecule has 0 aromatic heterocycles. The Hall–Kier alpha value is -1.80. The fraction of sp³-hybridized carbons (Fsp3) is 0.611. The van der Waals surface area contributed by atoms with Gasteiger partial charge in [-0.2, -0.15) is 0 Å². The van der Waals surface area contributed by atoms with Crippen LogP contribution in [0.5, 0.6) is 5.75 Å². The zero-order chi connectivity index (χ0) is 19.2. The van der Waals surface area contributed by atoms with Crippen molar-refractivity contribution in [3.05, 3.63) is 29.3 Å². The van der Waals surface area contributed by atoms with Crippen molar-refractivity contribution in [1.29, 1.82) is 0 Å². The van der Waals surface area contributed by atoms with Crippen molar-refractivity contribution in [3.63, 3.8) is 0 Å². The van der Waals surface area contributed by atoms with Gasteiger partial charge in [-0.25, -0.2) is 12.7 Å². The number of nitrogens with zero attached hydrogens (tertiary/aromatic N) is 2. The van der Waals surface area contributed by atoms with Gasteiger partial charge in [0.25, 0.3) is 0 Å². The minimum Gasteiger partial charge on any atom is -0.494 e. The van der Waals surface area contributed by atoms with Crippen LogP contribution in [0.2, 0.25) is 0 Å². The normalized spacial score (nSPS) is 18.8. The van der Waals surface area contributed by atoms with Crippen LogP contribution < -0.4 is 15.4 Å². The molecule has 1 saturated heterocycles. The highest BCUT2D eigenvalue weighted by Crippen LogP contribution is 2.20. The molecule has 1 heterocycles. The first kappa shape index (κ1) is 20.5. The van der Waals surface area contributed by atoms with E-state index in [0.29, 0.717) is 44.7 Å². The Balaban J connectivity index is 1.85. The van der Waals surface area contributed by atoms with Gasteiger partial charge in [0.15, 0.2) is 5.96 Å². The van der Waals surface area contributed by atoms with E-state index >= 15 is 0 Å². The van der Waals surface area contributed by atoms with Crippen LogP contribution in [0.1, 0.15) is 24.5 Å². The zero-order valence-electron chi connectivity index (χ0n) is 16.1. The van der Waals surface area contributed by atoms with Gasteiger partial charge in [-0.15, -0.1) is 0 Å². The highest BCUT2D eigenvalue weighted by molar-refractivity contribution is 7.88. The standard InChI is InChI=1S/C18H30N4O3S/c1-5-25-17-10-14(2)6-7-16(17)12-21-18(19-3)20-11-15-8-9-22(13-15)26(4,23)24/h6-7,10,15H,5,8-9,11-13H2,1-4H3,(H2,19,20,21). The average Bonchev–Trinajstić information content (AvgIpc) is 3.06. The second-order valence-corrected chi connectivity index (χ2v) is 8.61. The zero-order valence-corrected chi connectivity index (χ0v) is 16.9. The molecule has 1 atom stereocenters. The monoisotopic (exact) mass is 382 g/mol. The molecule has 2 N–H and O–H groups in total. The first-order valence-electron chi connectivity index (χ1n) is 8.95.